The SMILES string of the molecule is CC(C)[C@@H](N)c1cscc1Cl. The Kier molecular flexibility index (Phi) is 2.93. The fourth-order valence-corrected chi connectivity index (χ4v) is 2.04. The van der Waals surface area contributed by atoms with E-state index in [1.165, 1.54) is 0 Å². The Morgan fingerprint density at radius 1 is 1.45 bits per heavy atom. The molecule has 11 heavy (non-hydrogen) atoms. The van der Waals surface area contributed by atoms with Crippen LogP contribution in [0.5, 0.6) is 0 Å². The quantitative estimate of drug-likeness (QED) is 0.761. The molecule has 2 N–H and O–H groups in total. The molecule has 1 nitrogen and oxygen atoms in total. The van der Waals surface area contributed by atoms with E-state index in [0.29, 0.717) is 5.92 Å². The molecule has 0 unspecified atom stereocenters. The van der Waals surface area contributed by atoms with Crippen LogP contribution in [0.3, 0.4) is 0 Å². The molecule has 0 aliphatic rings. The highest BCUT2D eigenvalue weighted by Gasteiger charge is 2.13. The van der Waals surface area contributed by atoms with Crippen LogP contribution in [-0.4, -0.2) is 0 Å². The third kappa shape index (κ3) is 1.95. The summed E-state index contributed by atoms with van der Waals surface area (Å²) in [5, 5.41) is 4.74. The minimum atomic E-state index is 0.0775. The zero-order valence-corrected chi connectivity index (χ0v) is 8.25. The molecule has 0 aliphatic heterocycles. The molecule has 1 aromatic heterocycles. The van der Waals surface area contributed by atoms with Gasteiger partial charge in [-0.1, -0.05) is 25.4 Å². The van der Waals surface area contributed by atoms with Gasteiger partial charge < -0.3 is 5.73 Å². The van der Waals surface area contributed by atoms with Gasteiger partial charge in [-0.3, -0.25) is 0 Å². The third-order valence-corrected chi connectivity index (χ3v) is 2.94. The van der Waals surface area contributed by atoms with Crippen LogP contribution in [-0.2, 0) is 0 Å². The van der Waals surface area contributed by atoms with Gasteiger partial charge in [-0.05, 0) is 16.9 Å². The summed E-state index contributed by atoms with van der Waals surface area (Å²) in [4.78, 5) is 0. The van der Waals surface area contributed by atoms with Gasteiger partial charge in [0.05, 0.1) is 5.02 Å². The van der Waals surface area contributed by atoms with Crippen molar-refractivity contribution in [1.29, 1.82) is 0 Å². The van der Waals surface area contributed by atoms with E-state index in [1.54, 1.807) is 11.3 Å². The van der Waals surface area contributed by atoms with Crippen LogP contribution in [0.4, 0.5) is 0 Å². The first-order valence-electron chi connectivity index (χ1n) is 3.60. The lowest BCUT2D eigenvalue weighted by Crippen LogP contribution is -2.16. The molecule has 0 aliphatic carbocycles. The lowest BCUT2D eigenvalue weighted by molar-refractivity contribution is 0.515. The van der Waals surface area contributed by atoms with E-state index in [9.17, 15) is 0 Å². The van der Waals surface area contributed by atoms with Crippen LogP contribution >= 0.6 is 22.9 Å². The molecule has 1 rings (SSSR count). The minimum Gasteiger partial charge on any atom is -0.324 e. The zero-order valence-electron chi connectivity index (χ0n) is 6.67. The fraction of sp³-hybridized carbons (Fsp3) is 0.500. The van der Waals surface area contributed by atoms with Gasteiger partial charge in [0.15, 0.2) is 0 Å². The summed E-state index contributed by atoms with van der Waals surface area (Å²) in [6.45, 7) is 4.19. The van der Waals surface area contributed by atoms with Crippen molar-refractivity contribution in [3.63, 3.8) is 0 Å². The van der Waals surface area contributed by atoms with Crippen molar-refractivity contribution in [2.24, 2.45) is 11.7 Å². The van der Waals surface area contributed by atoms with E-state index < -0.39 is 0 Å². The second-order valence-corrected chi connectivity index (χ2v) is 4.10. The van der Waals surface area contributed by atoms with Crippen LogP contribution in [0.2, 0.25) is 5.02 Å². The first-order valence-corrected chi connectivity index (χ1v) is 4.92. The molecule has 0 amide bonds. The first-order chi connectivity index (χ1) is 5.13. The molecule has 1 atom stereocenters. The molecule has 0 aromatic carbocycles. The highest BCUT2D eigenvalue weighted by molar-refractivity contribution is 7.08. The average Bonchev–Trinajstić information content (AvgIpc) is 2.33. The van der Waals surface area contributed by atoms with Crippen LogP contribution in [0.25, 0.3) is 0 Å². The van der Waals surface area contributed by atoms with Crippen molar-refractivity contribution < 1.29 is 0 Å². The highest BCUT2D eigenvalue weighted by atomic mass is 35.5. The molecule has 0 radical (unpaired) electrons. The van der Waals surface area contributed by atoms with Gasteiger partial charge in [0, 0.05) is 11.4 Å². The Morgan fingerprint density at radius 3 is 2.45 bits per heavy atom. The number of rotatable bonds is 2. The molecule has 0 saturated carbocycles. The summed E-state index contributed by atoms with van der Waals surface area (Å²) in [6, 6.07) is 0.0775. The van der Waals surface area contributed by atoms with E-state index in [1.807, 2.05) is 10.8 Å². The molecule has 3 heteroatoms. The predicted molar refractivity (Wildman–Crippen MR) is 51.1 cm³/mol. The second kappa shape index (κ2) is 3.57. The van der Waals surface area contributed by atoms with Crippen LogP contribution in [0.15, 0.2) is 10.8 Å². The number of halogens is 1. The highest BCUT2D eigenvalue weighted by Crippen LogP contribution is 2.29. The van der Waals surface area contributed by atoms with Crippen molar-refractivity contribution in [1.82, 2.24) is 0 Å². The van der Waals surface area contributed by atoms with Gasteiger partial charge in [0.1, 0.15) is 0 Å². The average molecular weight is 190 g/mol. The van der Waals surface area contributed by atoms with Gasteiger partial charge in [-0.25, -0.2) is 0 Å². The van der Waals surface area contributed by atoms with Gasteiger partial charge in [0.25, 0.3) is 0 Å². The largest absolute Gasteiger partial charge is 0.324 e. The van der Waals surface area contributed by atoms with Gasteiger partial charge >= 0.3 is 0 Å². The Morgan fingerprint density at radius 2 is 2.09 bits per heavy atom. The number of nitrogens with two attached hydrogens (primary N) is 1. The molecule has 1 heterocycles. The predicted octanol–water partition coefficient (Wildman–Crippen LogP) is 3.06. The molecule has 0 bridgehead atoms. The summed E-state index contributed by atoms with van der Waals surface area (Å²) < 4.78 is 0. The monoisotopic (exact) mass is 189 g/mol. The van der Waals surface area contributed by atoms with Gasteiger partial charge in [-0.2, -0.15) is 11.3 Å². The molecular weight excluding hydrogens is 178 g/mol. The smallest absolute Gasteiger partial charge is 0.0560 e. The van der Waals surface area contributed by atoms with Crippen molar-refractivity contribution >= 4 is 22.9 Å². The Balaban J connectivity index is 2.84. The summed E-state index contributed by atoms with van der Waals surface area (Å²) >= 11 is 7.51. The molecule has 0 spiro atoms. The van der Waals surface area contributed by atoms with Crippen molar-refractivity contribution in [3.05, 3.63) is 21.3 Å². The van der Waals surface area contributed by atoms with E-state index in [-0.39, 0.29) is 6.04 Å². The molecular formula is C8H12ClNS. The van der Waals surface area contributed by atoms with E-state index in [4.69, 9.17) is 17.3 Å². The summed E-state index contributed by atoms with van der Waals surface area (Å²) in [5.41, 5.74) is 6.98. The minimum absolute atomic E-state index is 0.0775. The maximum Gasteiger partial charge on any atom is 0.0560 e. The maximum absolute atomic E-state index is 5.91. The molecule has 0 saturated heterocycles. The van der Waals surface area contributed by atoms with E-state index >= 15 is 0 Å². The second-order valence-electron chi connectivity index (χ2n) is 2.94. The van der Waals surface area contributed by atoms with Gasteiger partial charge in [-0.15, -0.1) is 0 Å². The third-order valence-electron chi connectivity index (χ3n) is 1.72. The lowest BCUT2D eigenvalue weighted by atomic mass is 10.00. The number of hydrogen-bond donors (Lipinski definition) is 1. The zero-order chi connectivity index (χ0) is 8.43. The Hall–Kier alpha value is -0.0500. The summed E-state index contributed by atoms with van der Waals surface area (Å²) in [7, 11) is 0. The number of thiophene rings is 1. The lowest BCUT2D eigenvalue weighted by Gasteiger charge is -2.14. The Bertz CT molecular complexity index is 232. The van der Waals surface area contributed by atoms with Crippen LogP contribution in [0.1, 0.15) is 25.5 Å². The van der Waals surface area contributed by atoms with Crippen molar-refractivity contribution in [2.45, 2.75) is 19.9 Å². The first kappa shape index (κ1) is 9.04. The summed E-state index contributed by atoms with van der Waals surface area (Å²) in [5.74, 6) is 0.446. The molecule has 62 valence electrons. The van der Waals surface area contributed by atoms with Crippen LogP contribution < -0.4 is 5.73 Å². The van der Waals surface area contributed by atoms with Gasteiger partial charge in [0.2, 0.25) is 0 Å². The fourth-order valence-electron chi connectivity index (χ4n) is 0.888. The van der Waals surface area contributed by atoms with Crippen molar-refractivity contribution in [2.75, 3.05) is 0 Å². The molecule has 0 fully saturated rings. The van der Waals surface area contributed by atoms with Crippen molar-refractivity contribution in [3.8, 4) is 0 Å². The van der Waals surface area contributed by atoms with Crippen LogP contribution in [0, 0.1) is 5.92 Å². The molecule has 1 aromatic rings. The maximum atomic E-state index is 5.91. The Labute approximate surface area is 76.2 Å². The normalized spacial score (nSPS) is 13.9. The standard InChI is InChI=1S/C8H12ClNS/c1-5(2)8(10)6-3-11-4-7(6)9/h3-5,8H,10H2,1-2H3/t8-/m1/s1. The number of hydrogen-bond acceptors (Lipinski definition) is 2. The topological polar surface area (TPSA) is 26.0 Å². The van der Waals surface area contributed by atoms with E-state index in [2.05, 4.69) is 13.8 Å². The summed E-state index contributed by atoms with van der Waals surface area (Å²) in [6.07, 6.45) is 0. The van der Waals surface area contributed by atoms with E-state index in [0.717, 1.165) is 10.6 Å².